The van der Waals surface area contributed by atoms with E-state index in [4.69, 9.17) is 10.5 Å². The Balaban J connectivity index is 1.64. The summed E-state index contributed by atoms with van der Waals surface area (Å²) in [7, 11) is 0. The van der Waals surface area contributed by atoms with Gasteiger partial charge in [0.15, 0.2) is 11.4 Å². The van der Waals surface area contributed by atoms with Crippen molar-refractivity contribution in [3.63, 3.8) is 0 Å². The number of amides is 1. The minimum atomic E-state index is -2.85. The van der Waals surface area contributed by atoms with E-state index >= 15 is 0 Å². The van der Waals surface area contributed by atoms with E-state index in [1.165, 1.54) is 6.07 Å². The van der Waals surface area contributed by atoms with Crippen LogP contribution in [0.25, 0.3) is 5.76 Å². The molecule has 4 aliphatic rings. The van der Waals surface area contributed by atoms with Gasteiger partial charge in [0.1, 0.15) is 28.9 Å². The van der Waals surface area contributed by atoms with E-state index in [1.807, 2.05) is 0 Å². The summed E-state index contributed by atoms with van der Waals surface area (Å²) >= 11 is 0. The maximum Gasteiger partial charge on any atom is 0.306 e. The third-order valence-corrected chi connectivity index (χ3v) is 8.83. The standard InChI is InChI=1S/C28H31NO9/c1-12-14-7-4-8-16(30)20(14)23(33)22-19(12)24(38-18(32)10-9-13-5-2-3-6-13)15-11-17(31)21(27(29)36)25(34)28(15,37)26(22)35/h4,7-8,12-13,15,19,24,30,33-34,37H,2-3,5-6,9-11H2,1H3,(H2,29,36)/t12-,15+,19+,24+,28+/m0/s1. The van der Waals surface area contributed by atoms with Crippen molar-refractivity contribution in [2.45, 2.75) is 69.5 Å². The lowest BCUT2D eigenvalue weighted by atomic mass is 9.55. The summed E-state index contributed by atoms with van der Waals surface area (Å²) in [6.45, 7) is 1.72. The van der Waals surface area contributed by atoms with Gasteiger partial charge in [-0.25, -0.2) is 0 Å². The molecule has 10 heteroatoms. The molecule has 0 saturated heterocycles. The Hall–Kier alpha value is -3.66. The number of ketones is 2. The lowest BCUT2D eigenvalue weighted by molar-refractivity contribution is -0.178. The van der Waals surface area contributed by atoms with E-state index in [0.29, 0.717) is 17.9 Å². The summed E-state index contributed by atoms with van der Waals surface area (Å²) in [5.41, 5.74) is 1.63. The Morgan fingerprint density at radius 1 is 1.13 bits per heavy atom. The Morgan fingerprint density at radius 3 is 2.47 bits per heavy atom. The summed E-state index contributed by atoms with van der Waals surface area (Å²) in [5, 5.41) is 44.3. The van der Waals surface area contributed by atoms with Crippen molar-refractivity contribution < 1.29 is 44.3 Å². The van der Waals surface area contributed by atoms with Gasteiger partial charge < -0.3 is 30.9 Å². The SMILES string of the molecule is C[C@H]1c2cccc(O)c2C(O)=C2C(=O)[C@]3(O)C(O)=C(C(N)=O)C(=O)C[C@@H]3[C@@H](OC(=O)CCC3CCCC3)[C@@H]21. The van der Waals surface area contributed by atoms with Crippen LogP contribution in [-0.4, -0.2) is 55.6 Å². The molecule has 202 valence electrons. The molecule has 1 amide bonds. The zero-order valence-electron chi connectivity index (χ0n) is 21.0. The number of carbonyl (C=O) groups is 4. The van der Waals surface area contributed by atoms with E-state index in [-0.39, 0.29) is 23.3 Å². The van der Waals surface area contributed by atoms with Crippen LogP contribution in [0.2, 0.25) is 0 Å². The average molecular weight is 526 g/mol. The molecule has 38 heavy (non-hydrogen) atoms. The molecule has 10 nitrogen and oxygen atoms in total. The van der Waals surface area contributed by atoms with Gasteiger partial charge in [-0.3, -0.25) is 19.2 Å². The van der Waals surface area contributed by atoms with E-state index in [2.05, 4.69) is 0 Å². The number of phenolic OH excluding ortho intramolecular Hbond substituents is 1. The normalized spacial score (nSPS) is 31.1. The molecule has 5 rings (SSSR count). The number of benzene rings is 1. The van der Waals surface area contributed by atoms with Gasteiger partial charge in [-0.05, 0) is 29.9 Å². The zero-order chi connectivity index (χ0) is 27.5. The highest BCUT2D eigenvalue weighted by molar-refractivity contribution is 6.23. The number of phenols is 1. The van der Waals surface area contributed by atoms with Gasteiger partial charge in [-0.1, -0.05) is 44.7 Å². The molecule has 0 unspecified atom stereocenters. The van der Waals surface area contributed by atoms with Crippen LogP contribution in [0.1, 0.15) is 68.9 Å². The predicted octanol–water partition coefficient (Wildman–Crippen LogP) is 2.48. The first-order valence-corrected chi connectivity index (χ1v) is 13.0. The number of aliphatic hydroxyl groups excluding tert-OH is 2. The second kappa shape index (κ2) is 9.27. The van der Waals surface area contributed by atoms with Crippen molar-refractivity contribution in [1.82, 2.24) is 0 Å². The molecule has 2 saturated carbocycles. The second-order valence-corrected chi connectivity index (χ2v) is 10.9. The molecular weight excluding hydrogens is 494 g/mol. The molecular formula is C28H31NO9. The number of aromatic hydroxyl groups is 1. The number of hydrogen-bond donors (Lipinski definition) is 5. The fourth-order valence-corrected chi connectivity index (χ4v) is 6.91. The number of rotatable bonds is 5. The molecule has 5 atom stereocenters. The Bertz CT molecular complexity index is 1310. The van der Waals surface area contributed by atoms with Crippen molar-refractivity contribution in [1.29, 1.82) is 0 Å². The molecule has 0 aromatic heterocycles. The average Bonchev–Trinajstić information content (AvgIpc) is 3.38. The van der Waals surface area contributed by atoms with Crippen LogP contribution in [0, 0.1) is 17.8 Å². The van der Waals surface area contributed by atoms with Crippen molar-refractivity contribution in [2.24, 2.45) is 23.5 Å². The van der Waals surface area contributed by atoms with E-state index in [9.17, 15) is 39.6 Å². The topological polar surface area (TPSA) is 184 Å². The quantitative estimate of drug-likeness (QED) is 0.284. The van der Waals surface area contributed by atoms with Gasteiger partial charge in [0.05, 0.1) is 5.56 Å². The number of primary amides is 1. The highest BCUT2D eigenvalue weighted by atomic mass is 16.5. The number of aliphatic hydroxyl groups is 3. The lowest BCUT2D eigenvalue weighted by Gasteiger charge is -2.51. The molecule has 0 bridgehead atoms. The number of esters is 1. The molecule has 6 N–H and O–H groups in total. The maximum atomic E-state index is 13.9. The Kier molecular flexibility index (Phi) is 6.33. The molecule has 0 aliphatic heterocycles. The number of carbonyl (C=O) groups excluding carboxylic acids is 4. The predicted molar refractivity (Wildman–Crippen MR) is 133 cm³/mol. The first-order valence-electron chi connectivity index (χ1n) is 13.0. The van der Waals surface area contributed by atoms with Crippen LogP contribution < -0.4 is 5.73 Å². The Morgan fingerprint density at radius 2 is 1.82 bits per heavy atom. The van der Waals surface area contributed by atoms with Gasteiger partial charge in [0.25, 0.3) is 5.91 Å². The van der Waals surface area contributed by atoms with Crippen LogP contribution >= 0.6 is 0 Å². The van der Waals surface area contributed by atoms with Crippen LogP contribution in [0.5, 0.6) is 5.75 Å². The Labute approximate surface area is 218 Å². The monoisotopic (exact) mass is 525 g/mol. The van der Waals surface area contributed by atoms with Gasteiger partial charge >= 0.3 is 5.97 Å². The van der Waals surface area contributed by atoms with Gasteiger partial charge in [-0.2, -0.15) is 0 Å². The van der Waals surface area contributed by atoms with E-state index in [0.717, 1.165) is 25.7 Å². The van der Waals surface area contributed by atoms with Crippen molar-refractivity contribution >= 4 is 29.2 Å². The smallest absolute Gasteiger partial charge is 0.306 e. The van der Waals surface area contributed by atoms with Crippen molar-refractivity contribution in [3.05, 3.63) is 46.2 Å². The first kappa shape index (κ1) is 26.0. The fourth-order valence-electron chi connectivity index (χ4n) is 6.91. The molecule has 0 radical (unpaired) electrons. The van der Waals surface area contributed by atoms with Crippen LogP contribution in [0.15, 0.2) is 35.1 Å². The maximum absolute atomic E-state index is 13.9. The molecule has 1 aromatic rings. The molecule has 0 spiro atoms. The second-order valence-electron chi connectivity index (χ2n) is 10.9. The van der Waals surface area contributed by atoms with E-state index in [1.54, 1.807) is 19.1 Å². The van der Waals surface area contributed by atoms with Gasteiger partial charge in [0.2, 0.25) is 5.78 Å². The van der Waals surface area contributed by atoms with Crippen LogP contribution in [0.4, 0.5) is 0 Å². The number of fused-ring (bicyclic) bond motifs is 3. The largest absolute Gasteiger partial charge is 0.508 e. The van der Waals surface area contributed by atoms with Crippen LogP contribution in [-0.2, 0) is 23.9 Å². The highest BCUT2D eigenvalue weighted by Gasteiger charge is 2.66. The van der Waals surface area contributed by atoms with Crippen LogP contribution in [0.3, 0.4) is 0 Å². The minimum Gasteiger partial charge on any atom is -0.508 e. The first-order chi connectivity index (χ1) is 18.0. The third-order valence-electron chi connectivity index (χ3n) is 8.83. The fraction of sp³-hybridized carbons (Fsp3) is 0.500. The number of nitrogens with two attached hydrogens (primary N) is 1. The highest BCUT2D eigenvalue weighted by Crippen LogP contribution is 2.56. The molecule has 1 aromatic carbocycles. The summed E-state index contributed by atoms with van der Waals surface area (Å²) in [6, 6.07) is 4.56. The summed E-state index contributed by atoms with van der Waals surface area (Å²) in [4.78, 5) is 51.8. The summed E-state index contributed by atoms with van der Waals surface area (Å²) < 4.78 is 5.90. The molecule has 4 aliphatic carbocycles. The van der Waals surface area contributed by atoms with Crippen molar-refractivity contribution in [2.75, 3.05) is 0 Å². The van der Waals surface area contributed by atoms with Gasteiger partial charge in [-0.15, -0.1) is 0 Å². The molecule has 2 fully saturated rings. The van der Waals surface area contributed by atoms with Crippen molar-refractivity contribution in [3.8, 4) is 5.75 Å². The number of hydrogen-bond acceptors (Lipinski definition) is 9. The van der Waals surface area contributed by atoms with Gasteiger partial charge in [0, 0.05) is 30.3 Å². The third kappa shape index (κ3) is 3.73. The van der Waals surface area contributed by atoms with E-state index < -0.39 is 76.4 Å². The minimum absolute atomic E-state index is 0.0153. The number of Topliss-reactive ketones (excluding diaryl/α,β-unsaturated/α-hetero) is 2. The summed E-state index contributed by atoms with van der Waals surface area (Å²) in [5.74, 6) is -8.72. The number of ether oxygens (including phenoxy) is 1. The zero-order valence-corrected chi connectivity index (χ0v) is 21.0. The molecule has 0 heterocycles. The lowest BCUT2D eigenvalue weighted by Crippen LogP contribution is -2.64. The summed E-state index contributed by atoms with van der Waals surface area (Å²) in [6.07, 6.45) is 3.07.